The molecule has 1 aromatic heterocycles. The van der Waals surface area contributed by atoms with Crippen LogP contribution in [-0.2, 0) is 9.53 Å². The standard InChI is InChI=1S/C11H15BrN2O2/c1-11(2,3)16-10(15)9(12)14-8-6-4-5-7-13-8/h4-7,9H,1-3H3,(H,13,14). The highest BCUT2D eigenvalue weighted by molar-refractivity contribution is 9.10. The summed E-state index contributed by atoms with van der Waals surface area (Å²) in [6, 6.07) is 5.42. The van der Waals surface area contributed by atoms with Gasteiger partial charge in [0, 0.05) is 6.20 Å². The lowest BCUT2D eigenvalue weighted by molar-refractivity contribution is -0.153. The first-order valence-electron chi connectivity index (χ1n) is 4.93. The van der Waals surface area contributed by atoms with Crippen molar-refractivity contribution in [1.82, 2.24) is 4.98 Å². The van der Waals surface area contributed by atoms with Gasteiger partial charge in [0.1, 0.15) is 11.4 Å². The summed E-state index contributed by atoms with van der Waals surface area (Å²) in [4.78, 5) is 15.1. The van der Waals surface area contributed by atoms with Crippen molar-refractivity contribution in [3.63, 3.8) is 0 Å². The molecular formula is C11H15BrN2O2. The Morgan fingerprint density at radius 1 is 1.50 bits per heavy atom. The average molecular weight is 287 g/mol. The van der Waals surface area contributed by atoms with Crippen LogP contribution in [0, 0.1) is 0 Å². The maximum Gasteiger partial charge on any atom is 0.340 e. The third kappa shape index (κ3) is 4.61. The van der Waals surface area contributed by atoms with E-state index in [1.807, 2.05) is 32.9 Å². The molecule has 5 heteroatoms. The first kappa shape index (κ1) is 13.0. The predicted molar refractivity (Wildman–Crippen MR) is 66.4 cm³/mol. The zero-order chi connectivity index (χ0) is 12.2. The number of esters is 1. The number of nitrogens with zero attached hydrogens (tertiary/aromatic N) is 1. The average Bonchev–Trinajstić information content (AvgIpc) is 2.16. The summed E-state index contributed by atoms with van der Waals surface area (Å²) in [6.45, 7) is 5.47. The molecule has 1 atom stereocenters. The van der Waals surface area contributed by atoms with E-state index in [2.05, 4.69) is 26.2 Å². The molecule has 1 heterocycles. The first-order chi connectivity index (χ1) is 7.38. The molecule has 0 aromatic carbocycles. The van der Waals surface area contributed by atoms with Crippen molar-refractivity contribution < 1.29 is 9.53 Å². The fourth-order valence-electron chi connectivity index (χ4n) is 0.990. The van der Waals surface area contributed by atoms with Crippen LogP contribution in [0.15, 0.2) is 24.4 Å². The van der Waals surface area contributed by atoms with Crippen LogP contribution in [0.25, 0.3) is 0 Å². The molecule has 1 N–H and O–H groups in total. The lowest BCUT2D eigenvalue weighted by Gasteiger charge is -2.22. The number of anilines is 1. The third-order valence-corrected chi connectivity index (χ3v) is 2.16. The van der Waals surface area contributed by atoms with E-state index < -0.39 is 10.6 Å². The summed E-state index contributed by atoms with van der Waals surface area (Å²) in [5.74, 6) is 0.258. The second-order valence-corrected chi connectivity index (χ2v) is 5.17. The Morgan fingerprint density at radius 3 is 2.69 bits per heavy atom. The molecule has 1 unspecified atom stereocenters. The van der Waals surface area contributed by atoms with Crippen molar-refractivity contribution in [2.24, 2.45) is 0 Å². The van der Waals surface area contributed by atoms with Gasteiger partial charge in [0.15, 0.2) is 4.95 Å². The summed E-state index contributed by atoms with van der Waals surface area (Å²) in [5, 5.41) is 2.90. The Balaban J connectivity index is 2.53. The van der Waals surface area contributed by atoms with Crippen molar-refractivity contribution in [3.05, 3.63) is 24.4 Å². The SMILES string of the molecule is CC(C)(C)OC(=O)C(Br)Nc1ccccn1. The number of rotatable bonds is 3. The number of hydrogen-bond donors (Lipinski definition) is 1. The van der Waals surface area contributed by atoms with E-state index in [0.29, 0.717) is 5.82 Å². The number of alkyl halides is 1. The molecule has 0 radical (unpaired) electrons. The fraction of sp³-hybridized carbons (Fsp3) is 0.455. The van der Waals surface area contributed by atoms with E-state index >= 15 is 0 Å². The fourth-order valence-corrected chi connectivity index (χ4v) is 1.32. The second kappa shape index (κ2) is 5.30. The second-order valence-electron chi connectivity index (χ2n) is 4.26. The molecule has 0 fully saturated rings. The first-order valence-corrected chi connectivity index (χ1v) is 5.84. The lowest BCUT2D eigenvalue weighted by atomic mass is 10.2. The van der Waals surface area contributed by atoms with Crippen molar-refractivity contribution in [2.45, 2.75) is 31.3 Å². The third-order valence-electron chi connectivity index (χ3n) is 1.55. The van der Waals surface area contributed by atoms with Crippen LogP contribution < -0.4 is 5.32 Å². The number of carbonyl (C=O) groups excluding carboxylic acids is 1. The molecule has 1 aromatic rings. The Kier molecular flexibility index (Phi) is 4.29. The van der Waals surface area contributed by atoms with Gasteiger partial charge in [0.25, 0.3) is 0 Å². The largest absolute Gasteiger partial charge is 0.458 e. The number of aromatic nitrogens is 1. The summed E-state index contributed by atoms with van der Waals surface area (Å²) in [7, 11) is 0. The van der Waals surface area contributed by atoms with Gasteiger partial charge >= 0.3 is 5.97 Å². The van der Waals surface area contributed by atoms with Crippen molar-refractivity contribution in [2.75, 3.05) is 5.32 Å². The van der Waals surface area contributed by atoms with Crippen molar-refractivity contribution in [3.8, 4) is 0 Å². The summed E-state index contributed by atoms with van der Waals surface area (Å²) in [6.07, 6.45) is 1.65. The number of hydrogen-bond acceptors (Lipinski definition) is 4. The van der Waals surface area contributed by atoms with E-state index in [-0.39, 0.29) is 5.97 Å². The van der Waals surface area contributed by atoms with Gasteiger partial charge in [-0.1, -0.05) is 22.0 Å². The van der Waals surface area contributed by atoms with E-state index in [9.17, 15) is 4.79 Å². The highest BCUT2D eigenvalue weighted by Gasteiger charge is 2.22. The van der Waals surface area contributed by atoms with Gasteiger partial charge in [0.05, 0.1) is 0 Å². The van der Waals surface area contributed by atoms with E-state index in [1.165, 1.54) is 0 Å². The molecule has 88 valence electrons. The summed E-state index contributed by atoms with van der Waals surface area (Å²) >= 11 is 3.21. The number of nitrogens with one attached hydrogen (secondary N) is 1. The number of carbonyl (C=O) groups is 1. The lowest BCUT2D eigenvalue weighted by Crippen LogP contribution is -2.32. The normalized spacial score (nSPS) is 13.0. The molecule has 0 saturated heterocycles. The van der Waals surface area contributed by atoms with E-state index in [0.717, 1.165) is 0 Å². The predicted octanol–water partition coefficient (Wildman–Crippen LogP) is 2.56. The van der Waals surface area contributed by atoms with Crippen LogP contribution in [0.3, 0.4) is 0 Å². The van der Waals surface area contributed by atoms with E-state index in [4.69, 9.17) is 4.74 Å². The molecule has 1 rings (SSSR count). The van der Waals surface area contributed by atoms with Gasteiger partial charge in [0.2, 0.25) is 0 Å². The molecule has 0 amide bonds. The van der Waals surface area contributed by atoms with Gasteiger partial charge < -0.3 is 10.1 Å². The molecular weight excluding hydrogens is 272 g/mol. The Hall–Kier alpha value is -1.10. The molecule has 0 aliphatic heterocycles. The molecule has 0 aliphatic carbocycles. The van der Waals surface area contributed by atoms with Crippen LogP contribution in [0.2, 0.25) is 0 Å². The smallest absolute Gasteiger partial charge is 0.340 e. The Bertz CT molecular complexity index is 349. The monoisotopic (exact) mass is 286 g/mol. The van der Waals surface area contributed by atoms with Gasteiger partial charge in [-0.15, -0.1) is 0 Å². The zero-order valence-corrected chi connectivity index (χ0v) is 11.1. The molecule has 0 saturated carbocycles. The maximum absolute atomic E-state index is 11.6. The molecule has 0 bridgehead atoms. The Morgan fingerprint density at radius 2 is 2.19 bits per heavy atom. The molecule has 4 nitrogen and oxygen atoms in total. The van der Waals surface area contributed by atoms with Gasteiger partial charge in [-0.2, -0.15) is 0 Å². The summed E-state index contributed by atoms with van der Waals surface area (Å²) < 4.78 is 5.20. The van der Waals surface area contributed by atoms with Crippen LogP contribution in [0.1, 0.15) is 20.8 Å². The zero-order valence-electron chi connectivity index (χ0n) is 9.53. The van der Waals surface area contributed by atoms with Crippen molar-refractivity contribution >= 4 is 27.7 Å². The van der Waals surface area contributed by atoms with E-state index in [1.54, 1.807) is 12.3 Å². The molecule has 0 aliphatic rings. The minimum absolute atomic E-state index is 0.363. The number of pyridine rings is 1. The Labute approximate surface area is 104 Å². The van der Waals surface area contributed by atoms with Gasteiger partial charge in [-0.3, -0.25) is 0 Å². The van der Waals surface area contributed by atoms with Crippen LogP contribution >= 0.6 is 15.9 Å². The van der Waals surface area contributed by atoms with Gasteiger partial charge in [-0.05, 0) is 32.9 Å². The van der Waals surface area contributed by atoms with Gasteiger partial charge in [-0.25, -0.2) is 9.78 Å². The number of halogens is 1. The number of ether oxygens (including phenoxy) is 1. The topological polar surface area (TPSA) is 51.2 Å². The highest BCUT2D eigenvalue weighted by atomic mass is 79.9. The molecule has 0 spiro atoms. The van der Waals surface area contributed by atoms with Crippen LogP contribution in [-0.4, -0.2) is 21.5 Å². The minimum Gasteiger partial charge on any atom is -0.458 e. The molecule has 16 heavy (non-hydrogen) atoms. The van der Waals surface area contributed by atoms with Crippen LogP contribution in [0.5, 0.6) is 0 Å². The highest BCUT2D eigenvalue weighted by Crippen LogP contribution is 2.13. The van der Waals surface area contributed by atoms with Crippen molar-refractivity contribution in [1.29, 1.82) is 0 Å². The maximum atomic E-state index is 11.6. The minimum atomic E-state index is -0.596. The van der Waals surface area contributed by atoms with Crippen LogP contribution in [0.4, 0.5) is 5.82 Å². The summed E-state index contributed by atoms with van der Waals surface area (Å²) in [5.41, 5.74) is -0.491. The quantitative estimate of drug-likeness (QED) is 0.527.